The fourth-order valence-electron chi connectivity index (χ4n) is 1.87. The van der Waals surface area contributed by atoms with Crippen LogP contribution in [0.15, 0.2) is 0 Å². The van der Waals surface area contributed by atoms with Gasteiger partial charge in [-0.05, 0) is 12.3 Å². The molecule has 0 radical (unpaired) electrons. The van der Waals surface area contributed by atoms with E-state index in [9.17, 15) is 13.2 Å². The smallest absolute Gasteiger partial charge is 0.239 e. The Balaban J connectivity index is 2.64. The van der Waals surface area contributed by atoms with E-state index in [4.69, 9.17) is 5.73 Å². The lowest BCUT2D eigenvalue weighted by atomic mass is 9.99. The van der Waals surface area contributed by atoms with Crippen LogP contribution in [0.2, 0.25) is 0 Å². The molecular weight excluding hydrogens is 240 g/mol. The van der Waals surface area contributed by atoms with E-state index in [1.54, 1.807) is 4.90 Å². The van der Waals surface area contributed by atoms with Crippen molar-refractivity contribution in [1.82, 2.24) is 4.90 Å². The average molecular weight is 262 g/mol. The van der Waals surface area contributed by atoms with Gasteiger partial charge in [0.1, 0.15) is 0 Å². The molecule has 1 heterocycles. The van der Waals surface area contributed by atoms with E-state index in [1.807, 2.05) is 13.8 Å². The Kier molecular flexibility index (Phi) is 4.94. The number of amides is 1. The molecule has 1 fully saturated rings. The van der Waals surface area contributed by atoms with Gasteiger partial charge in [-0.3, -0.25) is 4.79 Å². The number of nitrogens with two attached hydrogens (primary N) is 1. The van der Waals surface area contributed by atoms with Gasteiger partial charge < -0.3 is 10.6 Å². The third kappa shape index (κ3) is 3.96. The molecular formula is C11H22N2O3S. The van der Waals surface area contributed by atoms with Gasteiger partial charge in [-0.25, -0.2) is 8.42 Å². The lowest BCUT2D eigenvalue weighted by Crippen LogP contribution is -2.47. The minimum absolute atomic E-state index is 0.0615. The maximum absolute atomic E-state index is 12.1. The molecule has 6 heteroatoms. The Labute approximate surface area is 103 Å². The van der Waals surface area contributed by atoms with Crippen molar-refractivity contribution in [2.24, 2.45) is 11.7 Å². The number of hydrogen-bond acceptors (Lipinski definition) is 4. The van der Waals surface area contributed by atoms with Crippen LogP contribution < -0.4 is 5.73 Å². The fraction of sp³-hybridized carbons (Fsp3) is 0.909. The molecule has 17 heavy (non-hydrogen) atoms. The Bertz CT molecular complexity index is 367. The van der Waals surface area contributed by atoms with E-state index in [0.717, 1.165) is 6.42 Å². The van der Waals surface area contributed by atoms with Crippen LogP contribution in [-0.4, -0.2) is 49.9 Å². The molecule has 1 unspecified atom stereocenters. The summed E-state index contributed by atoms with van der Waals surface area (Å²) in [5.41, 5.74) is 5.88. The standard InChI is InChI=1S/C11H22N2O3S/c1-3-9(2)10(12)11(14)13-5-4-7-17(15,16)8-6-13/h9-10H,3-8,12H2,1-2H3/t9?,10-/m0/s1. The van der Waals surface area contributed by atoms with E-state index in [2.05, 4.69) is 0 Å². The Morgan fingerprint density at radius 1 is 1.35 bits per heavy atom. The molecule has 0 bridgehead atoms. The highest BCUT2D eigenvalue weighted by Gasteiger charge is 2.28. The van der Waals surface area contributed by atoms with Gasteiger partial charge in [0, 0.05) is 13.1 Å². The van der Waals surface area contributed by atoms with Crippen LogP contribution >= 0.6 is 0 Å². The van der Waals surface area contributed by atoms with Gasteiger partial charge in [-0.1, -0.05) is 20.3 Å². The second kappa shape index (κ2) is 5.82. The van der Waals surface area contributed by atoms with Crippen molar-refractivity contribution < 1.29 is 13.2 Å². The van der Waals surface area contributed by atoms with Crippen LogP contribution in [0, 0.1) is 5.92 Å². The average Bonchev–Trinajstić information content (AvgIpc) is 2.47. The first-order valence-corrected chi connectivity index (χ1v) is 7.94. The molecule has 0 spiro atoms. The van der Waals surface area contributed by atoms with Crippen LogP contribution in [-0.2, 0) is 14.6 Å². The largest absolute Gasteiger partial charge is 0.340 e. The molecule has 0 aromatic carbocycles. The first kappa shape index (κ1) is 14.4. The van der Waals surface area contributed by atoms with Crippen LogP contribution in [0.4, 0.5) is 0 Å². The van der Waals surface area contributed by atoms with Crippen molar-refractivity contribution >= 4 is 15.7 Å². The van der Waals surface area contributed by atoms with Crippen molar-refractivity contribution in [3.8, 4) is 0 Å². The summed E-state index contributed by atoms with van der Waals surface area (Å²) in [4.78, 5) is 13.7. The number of carbonyl (C=O) groups is 1. The van der Waals surface area contributed by atoms with Crippen LogP contribution in [0.5, 0.6) is 0 Å². The lowest BCUT2D eigenvalue weighted by molar-refractivity contribution is -0.133. The van der Waals surface area contributed by atoms with Crippen LogP contribution in [0.25, 0.3) is 0 Å². The zero-order valence-electron chi connectivity index (χ0n) is 10.6. The van der Waals surface area contributed by atoms with Gasteiger partial charge >= 0.3 is 0 Å². The van der Waals surface area contributed by atoms with Crippen molar-refractivity contribution in [3.05, 3.63) is 0 Å². The highest BCUT2D eigenvalue weighted by molar-refractivity contribution is 7.91. The minimum atomic E-state index is -2.97. The number of hydrogen-bond donors (Lipinski definition) is 1. The summed E-state index contributed by atoms with van der Waals surface area (Å²) in [6.45, 7) is 4.72. The summed E-state index contributed by atoms with van der Waals surface area (Å²) in [6, 6.07) is -0.513. The summed E-state index contributed by atoms with van der Waals surface area (Å²) in [7, 11) is -2.97. The predicted molar refractivity (Wildman–Crippen MR) is 67.3 cm³/mol. The lowest BCUT2D eigenvalue weighted by Gasteiger charge is -2.26. The molecule has 0 aromatic heterocycles. The van der Waals surface area contributed by atoms with Gasteiger partial charge in [-0.15, -0.1) is 0 Å². The molecule has 2 atom stereocenters. The highest BCUT2D eigenvalue weighted by Crippen LogP contribution is 2.11. The predicted octanol–water partition coefficient (Wildman–Crippen LogP) is 0.00690. The number of carbonyl (C=O) groups excluding carboxylic acids is 1. The van der Waals surface area contributed by atoms with Crippen molar-refractivity contribution in [2.45, 2.75) is 32.7 Å². The number of sulfone groups is 1. The summed E-state index contributed by atoms with van der Waals surface area (Å²) in [5.74, 6) is 0.250. The van der Waals surface area contributed by atoms with E-state index in [1.165, 1.54) is 0 Å². The first-order chi connectivity index (χ1) is 7.87. The summed E-state index contributed by atoms with van der Waals surface area (Å²) in [5, 5.41) is 0. The third-order valence-corrected chi connectivity index (χ3v) is 5.12. The maximum atomic E-state index is 12.1. The van der Waals surface area contributed by atoms with Crippen molar-refractivity contribution in [3.63, 3.8) is 0 Å². The summed E-state index contributed by atoms with van der Waals surface area (Å²) < 4.78 is 22.9. The molecule has 0 aliphatic carbocycles. The monoisotopic (exact) mass is 262 g/mol. The zero-order chi connectivity index (χ0) is 13.1. The summed E-state index contributed by atoms with van der Waals surface area (Å²) >= 11 is 0. The Hall–Kier alpha value is -0.620. The molecule has 1 aliphatic rings. The van der Waals surface area contributed by atoms with Crippen molar-refractivity contribution in [2.75, 3.05) is 24.6 Å². The van der Waals surface area contributed by atoms with Gasteiger partial charge in [0.2, 0.25) is 5.91 Å². The van der Waals surface area contributed by atoms with E-state index >= 15 is 0 Å². The number of nitrogens with zero attached hydrogens (tertiary/aromatic N) is 1. The zero-order valence-corrected chi connectivity index (χ0v) is 11.4. The highest BCUT2D eigenvalue weighted by atomic mass is 32.2. The topological polar surface area (TPSA) is 80.5 Å². The third-order valence-electron chi connectivity index (χ3n) is 3.41. The Morgan fingerprint density at radius 3 is 2.59 bits per heavy atom. The molecule has 5 nitrogen and oxygen atoms in total. The first-order valence-electron chi connectivity index (χ1n) is 6.12. The molecule has 0 saturated carbocycles. The maximum Gasteiger partial charge on any atom is 0.239 e. The SMILES string of the molecule is CCC(C)[C@H](N)C(=O)N1CCCS(=O)(=O)CC1. The van der Waals surface area contributed by atoms with E-state index in [-0.39, 0.29) is 29.9 Å². The fourth-order valence-corrected chi connectivity index (χ4v) is 3.14. The Morgan fingerprint density at radius 2 is 2.00 bits per heavy atom. The van der Waals surface area contributed by atoms with Gasteiger partial charge in [0.25, 0.3) is 0 Å². The van der Waals surface area contributed by atoms with Crippen LogP contribution in [0.1, 0.15) is 26.7 Å². The quantitative estimate of drug-likeness (QED) is 0.776. The van der Waals surface area contributed by atoms with Gasteiger partial charge in [0.05, 0.1) is 17.5 Å². The van der Waals surface area contributed by atoms with E-state index < -0.39 is 15.9 Å². The molecule has 1 saturated heterocycles. The molecule has 1 amide bonds. The number of rotatable bonds is 3. The molecule has 0 aromatic rings. The minimum Gasteiger partial charge on any atom is -0.340 e. The molecule has 2 N–H and O–H groups in total. The molecule has 1 rings (SSSR count). The van der Waals surface area contributed by atoms with E-state index in [0.29, 0.717) is 13.0 Å². The van der Waals surface area contributed by atoms with Gasteiger partial charge in [0.15, 0.2) is 9.84 Å². The molecule has 1 aliphatic heterocycles. The second-order valence-corrected chi connectivity index (χ2v) is 7.05. The normalized spacial score (nSPS) is 23.8. The molecule has 100 valence electrons. The van der Waals surface area contributed by atoms with Crippen LogP contribution in [0.3, 0.4) is 0 Å². The van der Waals surface area contributed by atoms with Gasteiger partial charge in [-0.2, -0.15) is 0 Å². The van der Waals surface area contributed by atoms with Crippen molar-refractivity contribution in [1.29, 1.82) is 0 Å². The summed E-state index contributed by atoms with van der Waals surface area (Å²) in [6.07, 6.45) is 1.36. The second-order valence-electron chi connectivity index (χ2n) is 4.74.